The van der Waals surface area contributed by atoms with Crippen molar-refractivity contribution in [3.63, 3.8) is 0 Å². The van der Waals surface area contributed by atoms with Crippen LogP contribution < -0.4 is 10.5 Å². The summed E-state index contributed by atoms with van der Waals surface area (Å²) in [7, 11) is 0. The third kappa shape index (κ3) is 1.74. The SMILES string of the molecule is CCc1ccnc(N)c1OC1CC1. The standard InChI is InChI=1S/C10H14N2O/c1-2-7-5-6-12-10(11)9(7)13-8-3-4-8/h5-6,8H,2-4H2,1H3,(H2,11,12). The van der Waals surface area contributed by atoms with E-state index in [0.29, 0.717) is 11.9 Å². The zero-order valence-corrected chi connectivity index (χ0v) is 7.79. The van der Waals surface area contributed by atoms with Gasteiger partial charge in [-0.25, -0.2) is 4.98 Å². The molecule has 1 aromatic rings. The first-order chi connectivity index (χ1) is 6.31. The first-order valence-corrected chi connectivity index (χ1v) is 4.71. The van der Waals surface area contributed by atoms with Gasteiger partial charge in [-0.05, 0) is 30.9 Å². The third-order valence-corrected chi connectivity index (χ3v) is 2.20. The van der Waals surface area contributed by atoms with Crippen LogP contribution >= 0.6 is 0 Å². The summed E-state index contributed by atoms with van der Waals surface area (Å²) in [6.07, 6.45) is 5.36. The molecule has 0 bridgehead atoms. The molecule has 0 saturated heterocycles. The van der Waals surface area contributed by atoms with Gasteiger partial charge in [0.25, 0.3) is 0 Å². The second-order valence-electron chi connectivity index (χ2n) is 3.36. The molecule has 1 heterocycles. The summed E-state index contributed by atoms with van der Waals surface area (Å²) in [5, 5.41) is 0. The van der Waals surface area contributed by atoms with Crippen molar-refractivity contribution < 1.29 is 4.74 Å². The highest BCUT2D eigenvalue weighted by Crippen LogP contribution is 2.32. The highest BCUT2D eigenvalue weighted by molar-refractivity contribution is 5.51. The second-order valence-corrected chi connectivity index (χ2v) is 3.36. The normalized spacial score (nSPS) is 15.8. The minimum absolute atomic E-state index is 0.386. The number of nitrogen functional groups attached to an aromatic ring is 1. The maximum Gasteiger partial charge on any atom is 0.166 e. The summed E-state index contributed by atoms with van der Waals surface area (Å²) in [4.78, 5) is 4.02. The first kappa shape index (κ1) is 8.35. The molecule has 0 radical (unpaired) electrons. The number of rotatable bonds is 3. The van der Waals surface area contributed by atoms with Crippen molar-refractivity contribution in [3.8, 4) is 5.75 Å². The summed E-state index contributed by atoms with van der Waals surface area (Å²) in [6.45, 7) is 2.09. The quantitative estimate of drug-likeness (QED) is 0.767. The molecule has 1 aromatic heterocycles. The van der Waals surface area contributed by atoms with E-state index in [-0.39, 0.29) is 0 Å². The molecule has 3 heteroatoms. The number of nitrogens with zero attached hydrogens (tertiary/aromatic N) is 1. The Labute approximate surface area is 77.9 Å². The molecule has 1 aliphatic carbocycles. The van der Waals surface area contributed by atoms with Crippen LogP contribution in [-0.4, -0.2) is 11.1 Å². The number of hydrogen-bond acceptors (Lipinski definition) is 3. The highest BCUT2D eigenvalue weighted by Gasteiger charge is 2.25. The van der Waals surface area contributed by atoms with E-state index in [1.165, 1.54) is 0 Å². The molecule has 1 saturated carbocycles. The molecule has 70 valence electrons. The molecule has 2 N–H and O–H groups in total. The Morgan fingerprint density at radius 1 is 1.62 bits per heavy atom. The van der Waals surface area contributed by atoms with Crippen LogP contribution in [0.5, 0.6) is 5.75 Å². The fourth-order valence-electron chi connectivity index (χ4n) is 1.27. The van der Waals surface area contributed by atoms with Gasteiger partial charge in [0.15, 0.2) is 11.6 Å². The number of ether oxygens (including phenoxy) is 1. The topological polar surface area (TPSA) is 48.1 Å². The predicted octanol–water partition coefficient (Wildman–Crippen LogP) is 1.77. The van der Waals surface area contributed by atoms with Gasteiger partial charge in [-0.15, -0.1) is 0 Å². The lowest BCUT2D eigenvalue weighted by Gasteiger charge is -2.10. The van der Waals surface area contributed by atoms with Crippen LogP contribution in [0.3, 0.4) is 0 Å². The third-order valence-electron chi connectivity index (χ3n) is 2.20. The van der Waals surface area contributed by atoms with Crippen LogP contribution in [0.25, 0.3) is 0 Å². The number of hydrogen-bond donors (Lipinski definition) is 1. The molecule has 0 aromatic carbocycles. The molecular formula is C10H14N2O. The number of nitrogens with two attached hydrogens (primary N) is 1. The molecule has 1 fully saturated rings. The molecule has 0 unspecified atom stereocenters. The van der Waals surface area contributed by atoms with Crippen molar-refractivity contribution in [2.24, 2.45) is 0 Å². The van der Waals surface area contributed by atoms with Crippen LogP contribution in [0, 0.1) is 0 Å². The summed E-state index contributed by atoms with van der Waals surface area (Å²) in [5.41, 5.74) is 6.89. The van der Waals surface area contributed by atoms with E-state index in [1.54, 1.807) is 6.20 Å². The van der Waals surface area contributed by atoms with Gasteiger partial charge >= 0.3 is 0 Å². The molecule has 2 rings (SSSR count). The zero-order chi connectivity index (χ0) is 9.26. The first-order valence-electron chi connectivity index (χ1n) is 4.71. The average Bonchev–Trinajstić information content (AvgIpc) is 2.92. The molecule has 0 atom stereocenters. The zero-order valence-electron chi connectivity index (χ0n) is 7.79. The Morgan fingerprint density at radius 2 is 2.38 bits per heavy atom. The van der Waals surface area contributed by atoms with Crippen molar-refractivity contribution in [1.29, 1.82) is 0 Å². The van der Waals surface area contributed by atoms with E-state index >= 15 is 0 Å². The monoisotopic (exact) mass is 178 g/mol. The van der Waals surface area contributed by atoms with Gasteiger partial charge in [0.05, 0.1) is 6.10 Å². The lowest BCUT2D eigenvalue weighted by Crippen LogP contribution is -2.04. The van der Waals surface area contributed by atoms with E-state index in [4.69, 9.17) is 10.5 Å². The van der Waals surface area contributed by atoms with Gasteiger partial charge in [-0.2, -0.15) is 0 Å². The van der Waals surface area contributed by atoms with Crippen LogP contribution in [0.2, 0.25) is 0 Å². The Kier molecular flexibility index (Phi) is 2.08. The van der Waals surface area contributed by atoms with Gasteiger partial charge < -0.3 is 10.5 Å². The lowest BCUT2D eigenvalue weighted by molar-refractivity contribution is 0.301. The largest absolute Gasteiger partial charge is 0.486 e. The van der Waals surface area contributed by atoms with Crippen LogP contribution in [0.15, 0.2) is 12.3 Å². The van der Waals surface area contributed by atoms with Gasteiger partial charge in [-0.1, -0.05) is 6.92 Å². The number of aromatic nitrogens is 1. The highest BCUT2D eigenvalue weighted by atomic mass is 16.5. The van der Waals surface area contributed by atoms with E-state index in [9.17, 15) is 0 Å². The van der Waals surface area contributed by atoms with E-state index < -0.39 is 0 Å². The van der Waals surface area contributed by atoms with E-state index in [0.717, 1.165) is 30.6 Å². The fourth-order valence-corrected chi connectivity index (χ4v) is 1.27. The molecule has 3 nitrogen and oxygen atoms in total. The molecule has 13 heavy (non-hydrogen) atoms. The molecule has 1 aliphatic rings. The van der Waals surface area contributed by atoms with E-state index in [2.05, 4.69) is 11.9 Å². The van der Waals surface area contributed by atoms with Crippen molar-refractivity contribution in [3.05, 3.63) is 17.8 Å². The lowest BCUT2D eigenvalue weighted by atomic mass is 10.2. The Balaban J connectivity index is 2.27. The maximum atomic E-state index is 5.74. The second kappa shape index (κ2) is 3.24. The van der Waals surface area contributed by atoms with Gasteiger partial charge in [0, 0.05) is 6.20 Å². The Bertz CT molecular complexity index is 308. The Morgan fingerprint density at radius 3 is 3.00 bits per heavy atom. The minimum atomic E-state index is 0.386. The summed E-state index contributed by atoms with van der Waals surface area (Å²) >= 11 is 0. The minimum Gasteiger partial charge on any atom is -0.486 e. The Hall–Kier alpha value is -1.25. The fraction of sp³-hybridized carbons (Fsp3) is 0.500. The molecular weight excluding hydrogens is 164 g/mol. The average molecular weight is 178 g/mol. The number of pyridine rings is 1. The van der Waals surface area contributed by atoms with Gasteiger partial charge in [-0.3, -0.25) is 0 Å². The van der Waals surface area contributed by atoms with Gasteiger partial charge in [0.1, 0.15) is 0 Å². The van der Waals surface area contributed by atoms with Crippen LogP contribution in [0.4, 0.5) is 5.82 Å². The summed E-state index contributed by atoms with van der Waals surface area (Å²) < 4.78 is 5.69. The smallest absolute Gasteiger partial charge is 0.166 e. The molecule has 0 spiro atoms. The van der Waals surface area contributed by atoms with Crippen LogP contribution in [-0.2, 0) is 6.42 Å². The summed E-state index contributed by atoms with van der Waals surface area (Å²) in [5.74, 6) is 1.32. The van der Waals surface area contributed by atoms with Gasteiger partial charge in [0.2, 0.25) is 0 Å². The predicted molar refractivity (Wildman–Crippen MR) is 51.7 cm³/mol. The van der Waals surface area contributed by atoms with Crippen molar-refractivity contribution >= 4 is 5.82 Å². The summed E-state index contributed by atoms with van der Waals surface area (Å²) in [6, 6.07) is 1.97. The van der Waals surface area contributed by atoms with E-state index in [1.807, 2.05) is 6.07 Å². The van der Waals surface area contributed by atoms with Crippen LogP contribution in [0.1, 0.15) is 25.3 Å². The molecule has 0 amide bonds. The number of anilines is 1. The van der Waals surface area contributed by atoms with Crippen molar-refractivity contribution in [2.75, 3.05) is 5.73 Å². The van der Waals surface area contributed by atoms with Crippen molar-refractivity contribution in [2.45, 2.75) is 32.3 Å². The molecule has 0 aliphatic heterocycles. The van der Waals surface area contributed by atoms with Crippen molar-refractivity contribution in [1.82, 2.24) is 4.98 Å². The maximum absolute atomic E-state index is 5.74. The number of aryl methyl sites for hydroxylation is 1.